The van der Waals surface area contributed by atoms with Crippen molar-refractivity contribution < 1.29 is 18.7 Å². The molecule has 0 atom stereocenters. The number of hydrogen-bond acceptors (Lipinski definition) is 4. The van der Waals surface area contributed by atoms with E-state index in [2.05, 4.69) is 4.99 Å². The van der Waals surface area contributed by atoms with Gasteiger partial charge in [-0.2, -0.15) is 0 Å². The van der Waals surface area contributed by atoms with E-state index in [9.17, 15) is 9.18 Å². The van der Waals surface area contributed by atoms with Crippen molar-refractivity contribution in [1.82, 2.24) is 0 Å². The Hall–Kier alpha value is -2.17. The predicted molar refractivity (Wildman–Crippen MR) is 99.5 cm³/mol. The van der Waals surface area contributed by atoms with Crippen molar-refractivity contribution in [3.63, 3.8) is 0 Å². The van der Waals surface area contributed by atoms with Gasteiger partial charge in [0.25, 0.3) is 0 Å². The number of cyclic esters (lactones) is 1. The lowest BCUT2D eigenvalue weighted by Crippen LogP contribution is -2.12. The number of rotatable bonds is 6. The Morgan fingerprint density at radius 3 is 2.42 bits per heavy atom. The summed E-state index contributed by atoms with van der Waals surface area (Å²) in [4.78, 5) is 16.3. The molecule has 1 aliphatic heterocycles. The van der Waals surface area contributed by atoms with Crippen LogP contribution in [0.3, 0.4) is 0 Å². The van der Waals surface area contributed by atoms with Crippen molar-refractivity contribution >= 4 is 17.6 Å². The molecule has 26 heavy (non-hydrogen) atoms. The van der Waals surface area contributed by atoms with Gasteiger partial charge in [-0.3, -0.25) is 0 Å². The molecule has 1 heterocycles. The molecule has 0 radical (unpaired) electrons. The second-order valence-electron chi connectivity index (χ2n) is 6.76. The molecule has 0 unspecified atom stereocenters. The zero-order valence-corrected chi connectivity index (χ0v) is 15.7. The molecule has 1 saturated carbocycles. The fourth-order valence-electron chi connectivity index (χ4n) is 3.63. The first-order valence-corrected chi connectivity index (χ1v) is 9.59. The molecular formula is C21H26FNO3. The van der Waals surface area contributed by atoms with Crippen molar-refractivity contribution in [2.75, 3.05) is 0 Å². The van der Waals surface area contributed by atoms with E-state index >= 15 is 0 Å². The van der Waals surface area contributed by atoms with Gasteiger partial charge in [-0.25, -0.2) is 14.2 Å². The third-order valence-electron chi connectivity index (χ3n) is 5.09. The Morgan fingerprint density at radius 2 is 1.81 bits per heavy atom. The topological polar surface area (TPSA) is 47.9 Å². The minimum atomic E-state index is -0.426. The zero-order chi connectivity index (χ0) is 18.7. The van der Waals surface area contributed by atoms with Gasteiger partial charge in [0.05, 0.1) is 6.10 Å². The molecule has 140 valence electrons. The minimum absolute atomic E-state index is 0.154. The molecule has 0 amide bonds. The van der Waals surface area contributed by atoms with Crippen LogP contribution >= 0.6 is 0 Å². The van der Waals surface area contributed by atoms with E-state index < -0.39 is 5.82 Å². The molecule has 0 bridgehead atoms. The van der Waals surface area contributed by atoms with E-state index in [1.807, 2.05) is 20.8 Å². The molecule has 1 aliphatic carbocycles. The van der Waals surface area contributed by atoms with Crippen LogP contribution in [0, 0.1) is 5.82 Å². The Labute approximate surface area is 154 Å². The van der Waals surface area contributed by atoms with E-state index in [-0.39, 0.29) is 23.7 Å². The number of aliphatic imine (C=N–C) groups is 1. The van der Waals surface area contributed by atoms with Crippen LogP contribution in [0.4, 0.5) is 10.1 Å². The second-order valence-corrected chi connectivity index (χ2v) is 6.76. The van der Waals surface area contributed by atoms with E-state index in [1.165, 1.54) is 18.9 Å². The van der Waals surface area contributed by atoms with Gasteiger partial charge in [-0.05, 0) is 56.6 Å². The number of ether oxygens (including phenoxy) is 2. The number of esters is 1. The number of nitrogens with zero attached hydrogens (tertiary/aromatic N) is 1. The van der Waals surface area contributed by atoms with Crippen LogP contribution in [-0.4, -0.2) is 18.0 Å². The van der Waals surface area contributed by atoms with Gasteiger partial charge in [0.2, 0.25) is 5.90 Å². The summed E-state index contributed by atoms with van der Waals surface area (Å²) in [5.74, 6) is 0.0900. The molecule has 0 aromatic heterocycles. The van der Waals surface area contributed by atoms with Crippen LogP contribution in [0.25, 0.3) is 0 Å². The maximum Gasteiger partial charge on any atom is 0.341 e. The number of halogens is 1. The molecular weight excluding hydrogens is 333 g/mol. The van der Waals surface area contributed by atoms with Gasteiger partial charge in [-0.15, -0.1) is 0 Å². The Kier molecular flexibility index (Phi) is 5.74. The first-order valence-electron chi connectivity index (χ1n) is 9.59. The Bertz CT molecular complexity index is 761. The summed E-state index contributed by atoms with van der Waals surface area (Å²) in [6, 6.07) is 3.13. The van der Waals surface area contributed by atoms with E-state index in [0.717, 1.165) is 24.0 Å². The lowest BCUT2D eigenvalue weighted by atomic mass is 10.1. The van der Waals surface area contributed by atoms with E-state index in [0.29, 0.717) is 30.6 Å². The Morgan fingerprint density at radius 1 is 1.12 bits per heavy atom. The highest BCUT2D eigenvalue weighted by Crippen LogP contribution is 2.34. The number of carbonyl (C=O) groups is 1. The standard InChI is InChI=1S/C21H26FNO3/c1-4-13-11-17(22)18(12-19(13)25-14-9-7-8-10-14)23-20-15(5-2)16(6-3)21(24)26-20/h11-12,14H,4-10H2,1-3H3. The summed E-state index contributed by atoms with van der Waals surface area (Å²) < 4.78 is 26.0. The molecule has 1 aromatic rings. The van der Waals surface area contributed by atoms with Crippen LogP contribution in [0.5, 0.6) is 5.75 Å². The quantitative estimate of drug-likeness (QED) is 0.638. The van der Waals surface area contributed by atoms with Gasteiger partial charge < -0.3 is 9.47 Å². The summed E-state index contributed by atoms with van der Waals surface area (Å²) in [5.41, 5.74) is 2.37. The largest absolute Gasteiger partial charge is 0.490 e. The van der Waals surface area contributed by atoms with Crippen LogP contribution in [0.1, 0.15) is 64.9 Å². The lowest BCUT2D eigenvalue weighted by molar-refractivity contribution is -0.130. The average molecular weight is 359 g/mol. The molecule has 0 saturated heterocycles. The van der Waals surface area contributed by atoms with Gasteiger partial charge >= 0.3 is 5.97 Å². The second kappa shape index (κ2) is 8.02. The van der Waals surface area contributed by atoms with Crippen LogP contribution < -0.4 is 4.74 Å². The predicted octanol–water partition coefficient (Wildman–Crippen LogP) is 5.41. The van der Waals surface area contributed by atoms with Crippen LogP contribution in [0.15, 0.2) is 28.3 Å². The number of hydrogen-bond donors (Lipinski definition) is 0. The summed E-state index contributed by atoms with van der Waals surface area (Å²) in [6.07, 6.45) is 6.47. The minimum Gasteiger partial charge on any atom is -0.490 e. The van der Waals surface area contributed by atoms with Crippen molar-refractivity contribution in [1.29, 1.82) is 0 Å². The van der Waals surface area contributed by atoms with Crippen LogP contribution in [0.2, 0.25) is 0 Å². The summed E-state index contributed by atoms with van der Waals surface area (Å²) in [5, 5.41) is 0. The summed E-state index contributed by atoms with van der Waals surface area (Å²) >= 11 is 0. The number of carbonyl (C=O) groups excluding carboxylic acids is 1. The lowest BCUT2D eigenvalue weighted by Gasteiger charge is -2.17. The Balaban J connectivity index is 1.97. The SMILES string of the molecule is CCC1=C(CC)C(=Nc2cc(OC3CCCC3)c(CC)cc2F)OC1=O. The molecule has 5 heteroatoms. The molecule has 1 aromatic carbocycles. The molecule has 0 N–H and O–H groups in total. The van der Waals surface area contributed by atoms with Gasteiger partial charge in [0.1, 0.15) is 17.3 Å². The average Bonchev–Trinajstić information content (AvgIpc) is 3.24. The molecule has 3 rings (SSSR count). The smallest absolute Gasteiger partial charge is 0.341 e. The zero-order valence-electron chi connectivity index (χ0n) is 15.7. The maximum absolute atomic E-state index is 14.6. The highest BCUT2D eigenvalue weighted by molar-refractivity contribution is 6.15. The maximum atomic E-state index is 14.6. The highest BCUT2D eigenvalue weighted by atomic mass is 19.1. The van der Waals surface area contributed by atoms with Crippen molar-refractivity contribution in [3.8, 4) is 5.75 Å². The monoisotopic (exact) mass is 359 g/mol. The van der Waals surface area contributed by atoms with Crippen LogP contribution in [-0.2, 0) is 16.0 Å². The normalized spacial score (nSPS) is 19.5. The fraction of sp³-hybridized carbons (Fsp3) is 0.524. The molecule has 0 spiro atoms. The van der Waals surface area contributed by atoms with Crippen molar-refractivity contribution in [2.24, 2.45) is 4.99 Å². The fourth-order valence-corrected chi connectivity index (χ4v) is 3.63. The molecule has 4 nitrogen and oxygen atoms in total. The first kappa shape index (κ1) is 18.6. The molecule has 2 aliphatic rings. The summed E-state index contributed by atoms with van der Waals surface area (Å²) in [7, 11) is 0. The number of benzene rings is 1. The third kappa shape index (κ3) is 3.67. The van der Waals surface area contributed by atoms with Gasteiger partial charge in [0.15, 0.2) is 0 Å². The van der Waals surface area contributed by atoms with Crippen molar-refractivity contribution in [2.45, 2.75) is 71.8 Å². The van der Waals surface area contributed by atoms with E-state index in [1.54, 1.807) is 6.07 Å². The molecule has 1 fully saturated rings. The number of aryl methyl sites for hydroxylation is 1. The summed E-state index contributed by atoms with van der Waals surface area (Å²) in [6.45, 7) is 5.82. The van der Waals surface area contributed by atoms with Crippen molar-refractivity contribution in [3.05, 3.63) is 34.7 Å². The van der Waals surface area contributed by atoms with E-state index in [4.69, 9.17) is 9.47 Å². The van der Waals surface area contributed by atoms with Gasteiger partial charge in [-0.1, -0.05) is 20.8 Å². The third-order valence-corrected chi connectivity index (χ3v) is 5.09. The van der Waals surface area contributed by atoms with Gasteiger partial charge in [0, 0.05) is 17.2 Å². The first-order chi connectivity index (χ1) is 12.6. The highest BCUT2D eigenvalue weighted by Gasteiger charge is 2.29.